The molecule has 0 spiro atoms. The largest absolute Gasteiger partial charge is 0.478 e. The number of benzene rings is 1. The summed E-state index contributed by atoms with van der Waals surface area (Å²) in [6, 6.07) is 8.70. The summed E-state index contributed by atoms with van der Waals surface area (Å²) in [5, 5.41) is 29.9. The minimum Gasteiger partial charge on any atom is -0.478 e. The van der Waals surface area contributed by atoms with Crippen LogP contribution in [0.2, 0.25) is 0 Å². The van der Waals surface area contributed by atoms with Crippen LogP contribution in [0.1, 0.15) is 55.5 Å². The average Bonchev–Trinajstić information content (AvgIpc) is 3.35. The maximum Gasteiger partial charge on any atom is 0.336 e. The molecule has 1 aromatic carbocycles. The second-order valence-corrected chi connectivity index (χ2v) is 6.07. The van der Waals surface area contributed by atoms with Gasteiger partial charge in [-0.15, -0.1) is 0 Å². The lowest BCUT2D eigenvalue weighted by atomic mass is 9.73. The molecule has 2 rings (SSSR count). The van der Waals surface area contributed by atoms with Gasteiger partial charge in [0.15, 0.2) is 0 Å². The van der Waals surface area contributed by atoms with Crippen molar-refractivity contribution in [3.8, 4) is 17.9 Å². The van der Waals surface area contributed by atoms with Gasteiger partial charge in [-0.05, 0) is 37.8 Å². The van der Waals surface area contributed by atoms with E-state index in [2.05, 4.69) is 17.9 Å². The lowest BCUT2D eigenvalue weighted by Crippen LogP contribution is -2.44. The summed E-state index contributed by atoms with van der Waals surface area (Å²) in [5.41, 5.74) is -1.77. The fourth-order valence-corrected chi connectivity index (χ4v) is 3.14. The maximum absolute atomic E-state index is 11.3. The summed E-state index contributed by atoms with van der Waals surface area (Å²) in [6.45, 7) is 3.94. The van der Waals surface area contributed by atoms with E-state index in [1.54, 1.807) is 18.2 Å². The molecule has 1 atom stereocenters. The molecule has 0 bridgehead atoms. The number of nitriles is 1. The molecule has 4 nitrogen and oxygen atoms in total. The third kappa shape index (κ3) is 2.96. The van der Waals surface area contributed by atoms with Gasteiger partial charge < -0.3 is 10.2 Å². The Bertz CT molecular complexity index is 699. The highest BCUT2D eigenvalue weighted by Crippen LogP contribution is 2.57. The smallest absolute Gasteiger partial charge is 0.336 e. The van der Waals surface area contributed by atoms with Crippen molar-refractivity contribution in [3.63, 3.8) is 0 Å². The van der Waals surface area contributed by atoms with Gasteiger partial charge in [0.1, 0.15) is 5.60 Å². The average molecular weight is 311 g/mol. The molecule has 4 heteroatoms. The van der Waals surface area contributed by atoms with Crippen LogP contribution in [0.15, 0.2) is 24.3 Å². The van der Waals surface area contributed by atoms with E-state index < -0.39 is 17.0 Å². The summed E-state index contributed by atoms with van der Waals surface area (Å²) in [4.78, 5) is 11.3. The number of carboxylic acid groups (broad SMARTS) is 1. The molecule has 1 aromatic rings. The predicted octanol–water partition coefficient (Wildman–Crippen LogP) is 3.21. The van der Waals surface area contributed by atoms with Gasteiger partial charge in [0.25, 0.3) is 0 Å². The molecule has 0 saturated heterocycles. The van der Waals surface area contributed by atoms with Crippen LogP contribution in [0.3, 0.4) is 0 Å². The van der Waals surface area contributed by atoms with Crippen molar-refractivity contribution in [3.05, 3.63) is 35.4 Å². The van der Waals surface area contributed by atoms with Crippen molar-refractivity contribution in [2.75, 3.05) is 0 Å². The SMILES string of the molecule is CCC(CC)[C@@](O)(C#Cc1ccccc1C(=O)O)C1(C#N)CC1. The van der Waals surface area contributed by atoms with Crippen molar-refractivity contribution in [2.24, 2.45) is 11.3 Å². The third-order valence-electron chi connectivity index (χ3n) is 4.82. The van der Waals surface area contributed by atoms with Crippen LogP contribution in [-0.4, -0.2) is 21.8 Å². The Hall–Kier alpha value is -2.30. The van der Waals surface area contributed by atoms with Crippen LogP contribution in [0.4, 0.5) is 0 Å². The molecule has 0 unspecified atom stereocenters. The highest BCUT2D eigenvalue weighted by molar-refractivity contribution is 5.90. The summed E-state index contributed by atoms with van der Waals surface area (Å²) >= 11 is 0. The van der Waals surface area contributed by atoms with E-state index in [0.29, 0.717) is 31.2 Å². The Morgan fingerprint density at radius 2 is 1.96 bits per heavy atom. The number of hydrogen-bond acceptors (Lipinski definition) is 3. The van der Waals surface area contributed by atoms with Gasteiger partial charge in [0, 0.05) is 11.5 Å². The maximum atomic E-state index is 11.3. The molecule has 1 aliphatic carbocycles. The van der Waals surface area contributed by atoms with Crippen LogP contribution in [-0.2, 0) is 0 Å². The fourth-order valence-electron chi connectivity index (χ4n) is 3.14. The molecule has 0 aliphatic heterocycles. The van der Waals surface area contributed by atoms with Crippen molar-refractivity contribution >= 4 is 5.97 Å². The first-order valence-corrected chi connectivity index (χ1v) is 7.93. The number of hydrogen-bond donors (Lipinski definition) is 2. The Morgan fingerprint density at radius 1 is 1.35 bits per heavy atom. The number of nitrogens with zero attached hydrogens (tertiary/aromatic N) is 1. The van der Waals surface area contributed by atoms with E-state index >= 15 is 0 Å². The fraction of sp³-hybridized carbons (Fsp3) is 0.474. The summed E-state index contributed by atoms with van der Waals surface area (Å²) in [6.07, 6.45) is 2.69. The van der Waals surface area contributed by atoms with Crippen molar-refractivity contribution in [1.29, 1.82) is 5.26 Å². The van der Waals surface area contributed by atoms with Crippen molar-refractivity contribution in [2.45, 2.75) is 45.1 Å². The Balaban J connectivity index is 2.50. The first kappa shape index (κ1) is 17.1. The molecule has 0 amide bonds. The Morgan fingerprint density at radius 3 is 2.43 bits per heavy atom. The molecule has 120 valence electrons. The zero-order valence-electron chi connectivity index (χ0n) is 13.5. The normalized spacial score (nSPS) is 17.5. The highest BCUT2D eigenvalue weighted by atomic mass is 16.4. The molecule has 1 aliphatic rings. The quantitative estimate of drug-likeness (QED) is 0.818. The molecule has 0 aromatic heterocycles. The highest BCUT2D eigenvalue weighted by Gasteiger charge is 2.61. The zero-order chi connectivity index (χ0) is 17.1. The standard InChI is InChI=1S/C19H21NO3/c1-3-15(4-2)19(23,18(13-20)11-12-18)10-9-14-7-5-6-8-16(14)17(21)22/h5-8,15,23H,3-4,11-12H2,1-2H3,(H,21,22)/t19-/m0/s1. The van der Waals surface area contributed by atoms with E-state index in [1.165, 1.54) is 6.07 Å². The van der Waals surface area contributed by atoms with Crippen LogP contribution in [0.5, 0.6) is 0 Å². The minimum atomic E-state index is -1.41. The van der Waals surface area contributed by atoms with Gasteiger partial charge in [-0.25, -0.2) is 4.79 Å². The monoisotopic (exact) mass is 311 g/mol. The molecular weight excluding hydrogens is 290 g/mol. The summed E-state index contributed by atoms with van der Waals surface area (Å²) in [5.74, 6) is 4.55. The third-order valence-corrected chi connectivity index (χ3v) is 4.82. The zero-order valence-corrected chi connectivity index (χ0v) is 13.5. The predicted molar refractivity (Wildman–Crippen MR) is 86.6 cm³/mol. The Kier molecular flexibility index (Phi) is 4.78. The molecular formula is C19H21NO3. The number of rotatable bonds is 5. The number of aliphatic hydroxyl groups is 1. The van der Waals surface area contributed by atoms with E-state index in [4.69, 9.17) is 0 Å². The number of carboxylic acids is 1. The van der Waals surface area contributed by atoms with Crippen LogP contribution in [0.25, 0.3) is 0 Å². The van der Waals surface area contributed by atoms with Crippen molar-refractivity contribution < 1.29 is 15.0 Å². The molecule has 2 N–H and O–H groups in total. The lowest BCUT2D eigenvalue weighted by molar-refractivity contribution is -0.0123. The Labute approximate surface area is 136 Å². The van der Waals surface area contributed by atoms with Gasteiger partial charge in [0.05, 0.1) is 17.0 Å². The topological polar surface area (TPSA) is 81.3 Å². The van der Waals surface area contributed by atoms with Gasteiger partial charge in [-0.3, -0.25) is 0 Å². The molecule has 1 saturated carbocycles. The second kappa shape index (κ2) is 6.44. The van der Waals surface area contributed by atoms with Crippen LogP contribution >= 0.6 is 0 Å². The van der Waals surface area contributed by atoms with Crippen LogP contribution < -0.4 is 0 Å². The van der Waals surface area contributed by atoms with Gasteiger partial charge in [-0.2, -0.15) is 5.26 Å². The summed E-state index contributed by atoms with van der Waals surface area (Å²) < 4.78 is 0. The van der Waals surface area contributed by atoms with Crippen molar-refractivity contribution in [1.82, 2.24) is 0 Å². The van der Waals surface area contributed by atoms with Crippen LogP contribution in [0, 0.1) is 34.5 Å². The van der Waals surface area contributed by atoms with E-state index in [-0.39, 0.29) is 11.5 Å². The molecule has 1 fully saturated rings. The second-order valence-electron chi connectivity index (χ2n) is 6.07. The molecule has 0 heterocycles. The van der Waals surface area contributed by atoms with Gasteiger partial charge in [-0.1, -0.05) is 37.8 Å². The molecule has 23 heavy (non-hydrogen) atoms. The summed E-state index contributed by atoms with van der Waals surface area (Å²) in [7, 11) is 0. The first-order chi connectivity index (χ1) is 10.9. The first-order valence-electron chi connectivity index (χ1n) is 7.93. The van der Waals surface area contributed by atoms with E-state index in [1.807, 2.05) is 13.8 Å². The van der Waals surface area contributed by atoms with Gasteiger partial charge in [0.2, 0.25) is 0 Å². The van der Waals surface area contributed by atoms with Gasteiger partial charge >= 0.3 is 5.97 Å². The molecule has 0 radical (unpaired) electrons. The van der Waals surface area contributed by atoms with E-state index in [0.717, 1.165) is 0 Å². The minimum absolute atomic E-state index is 0.105. The lowest BCUT2D eigenvalue weighted by Gasteiger charge is -2.34. The number of aromatic carboxylic acids is 1. The number of carbonyl (C=O) groups is 1. The van der Waals surface area contributed by atoms with E-state index in [9.17, 15) is 20.3 Å².